The van der Waals surface area contributed by atoms with E-state index in [4.69, 9.17) is 0 Å². The van der Waals surface area contributed by atoms with Crippen LogP contribution in [0.2, 0.25) is 0 Å². The zero-order chi connectivity index (χ0) is 27.4. The van der Waals surface area contributed by atoms with Gasteiger partial charge < -0.3 is 5.11 Å². The van der Waals surface area contributed by atoms with Crippen molar-refractivity contribution in [2.24, 2.45) is 5.92 Å². The van der Waals surface area contributed by atoms with Crippen LogP contribution >= 0.6 is 0 Å². The Kier molecular flexibility index (Phi) is 6.92. The Morgan fingerprint density at radius 3 is 2.00 bits per heavy atom. The quantitative estimate of drug-likeness (QED) is 0.539. The number of benzene rings is 1. The second kappa shape index (κ2) is 9.21. The van der Waals surface area contributed by atoms with Crippen molar-refractivity contribution >= 4 is 10.0 Å². The van der Waals surface area contributed by atoms with Gasteiger partial charge in [0.1, 0.15) is 0 Å². The van der Waals surface area contributed by atoms with Crippen molar-refractivity contribution in [2.75, 3.05) is 19.6 Å². The molecule has 1 aromatic heterocycles. The minimum absolute atomic E-state index is 0.0862. The number of piperazine rings is 1. The van der Waals surface area contributed by atoms with E-state index in [1.165, 1.54) is 4.31 Å². The number of rotatable bonds is 6. The maximum Gasteiger partial charge on any atom is 0.430 e. The highest BCUT2D eigenvalue weighted by atomic mass is 32.2. The van der Waals surface area contributed by atoms with Crippen LogP contribution in [0.4, 0.5) is 26.3 Å². The van der Waals surface area contributed by atoms with Crippen LogP contribution in [0.5, 0.6) is 0 Å². The van der Waals surface area contributed by atoms with Crippen LogP contribution in [-0.4, -0.2) is 65.7 Å². The third-order valence-electron chi connectivity index (χ3n) is 7.54. The number of alkyl halides is 6. The summed E-state index contributed by atoms with van der Waals surface area (Å²) in [6, 6.07) is 5.34. The number of aliphatic hydroxyl groups is 1. The monoisotopic (exact) mass is 551 g/mol. The molecule has 6 nitrogen and oxygen atoms in total. The molecule has 204 valence electrons. The molecule has 0 radical (unpaired) electrons. The molecule has 1 saturated carbocycles. The van der Waals surface area contributed by atoms with Crippen molar-refractivity contribution < 1.29 is 39.9 Å². The van der Waals surface area contributed by atoms with Gasteiger partial charge in [0.15, 0.2) is 0 Å². The molecule has 1 aromatic carbocycles. The minimum Gasteiger partial charge on any atom is -0.369 e. The van der Waals surface area contributed by atoms with Crippen LogP contribution in [0.3, 0.4) is 0 Å². The lowest BCUT2D eigenvalue weighted by atomic mass is 9.85. The van der Waals surface area contributed by atoms with Gasteiger partial charge in [-0.3, -0.25) is 9.88 Å². The summed E-state index contributed by atoms with van der Waals surface area (Å²) in [4.78, 5) is 5.99. The zero-order valence-electron chi connectivity index (χ0n) is 20.1. The Labute approximate surface area is 211 Å². The average molecular weight is 552 g/mol. The molecule has 1 N–H and O–H groups in total. The SMILES string of the molecule is CC1CN(C(C)(c2cccnc2)C2CC2)CCN1S(=O)(=O)c1ccc(C(O)(C(F)(F)F)C(F)(F)F)cc1. The van der Waals surface area contributed by atoms with Gasteiger partial charge in [0.05, 0.1) is 4.90 Å². The second-order valence-corrected chi connectivity index (χ2v) is 11.7. The lowest BCUT2D eigenvalue weighted by Gasteiger charge is -2.48. The van der Waals surface area contributed by atoms with E-state index in [-0.39, 0.29) is 12.1 Å². The van der Waals surface area contributed by atoms with Crippen molar-refractivity contribution in [3.05, 3.63) is 59.9 Å². The van der Waals surface area contributed by atoms with Crippen LogP contribution in [0.25, 0.3) is 0 Å². The number of pyridine rings is 1. The van der Waals surface area contributed by atoms with E-state index < -0.39 is 44.5 Å². The predicted molar refractivity (Wildman–Crippen MR) is 122 cm³/mol. The fraction of sp³-hybridized carbons (Fsp3) is 0.542. The maximum atomic E-state index is 13.3. The first-order valence-electron chi connectivity index (χ1n) is 11.7. The number of halogens is 6. The first-order chi connectivity index (χ1) is 17.0. The Morgan fingerprint density at radius 1 is 0.946 bits per heavy atom. The summed E-state index contributed by atoms with van der Waals surface area (Å²) in [6.45, 7) is 4.66. The second-order valence-electron chi connectivity index (χ2n) is 9.80. The molecule has 1 saturated heterocycles. The molecule has 13 heteroatoms. The Hall–Kier alpha value is -2.22. The van der Waals surface area contributed by atoms with E-state index in [1.54, 1.807) is 19.3 Å². The fourth-order valence-corrected chi connectivity index (χ4v) is 6.81. The van der Waals surface area contributed by atoms with Gasteiger partial charge in [-0.1, -0.05) is 18.2 Å². The summed E-state index contributed by atoms with van der Waals surface area (Å²) in [5.74, 6) is 0.389. The summed E-state index contributed by atoms with van der Waals surface area (Å²) in [5, 5.41) is 9.57. The van der Waals surface area contributed by atoms with Crippen molar-refractivity contribution in [1.29, 1.82) is 0 Å². The van der Waals surface area contributed by atoms with Gasteiger partial charge in [-0.15, -0.1) is 0 Å². The molecule has 2 heterocycles. The lowest BCUT2D eigenvalue weighted by Crippen LogP contribution is -2.59. The van der Waals surface area contributed by atoms with Gasteiger partial charge in [-0.05, 0) is 56.4 Å². The van der Waals surface area contributed by atoms with E-state index in [2.05, 4.69) is 16.8 Å². The topological polar surface area (TPSA) is 73.7 Å². The molecule has 0 bridgehead atoms. The molecular formula is C24H27F6N3O3S. The van der Waals surface area contributed by atoms with Crippen LogP contribution in [0.1, 0.15) is 37.8 Å². The van der Waals surface area contributed by atoms with Gasteiger partial charge in [0.2, 0.25) is 10.0 Å². The number of nitrogens with zero attached hydrogens (tertiary/aromatic N) is 3. The van der Waals surface area contributed by atoms with Crippen molar-refractivity contribution in [3.8, 4) is 0 Å². The molecule has 0 amide bonds. The van der Waals surface area contributed by atoms with Crippen molar-refractivity contribution in [1.82, 2.24) is 14.2 Å². The van der Waals surface area contributed by atoms with Gasteiger partial charge in [-0.2, -0.15) is 30.6 Å². The van der Waals surface area contributed by atoms with E-state index >= 15 is 0 Å². The number of aromatic nitrogens is 1. The van der Waals surface area contributed by atoms with Crippen LogP contribution < -0.4 is 0 Å². The molecule has 1 aliphatic heterocycles. The number of hydrogen-bond donors (Lipinski definition) is 1. The molecule has 2 aromatic rings. The highest BCUT2D eigenvalue weighted by molar-refractivity contribution is 7.89. The molecule has 2 aliphatic rings. The normalized spacial score (nSPS) is 22.6. The fourth-order valence-electron chi connectivity index (χ4n) is 5.20. The van der Waals surface area contributed by atoms with E-state index in [0.717, 1.165) is 18.4 Å². The molecule has 4 rings (SSSR count). The first-order valence-corrected chi connectivity index (χ1v) is 13.1. The molecular weight excluding hydrogens is 524 g/mol. The molecule has 2 atom stereocenters. The molecule has 0 spiro atoms. The standard InChI is InChI=1S/C24H27F6N3O3S/c1-16-15-32(21(2,17-5-6-17)19-4-3-11-31-14-19)12-13-33(16)37(35,36)20-9-7-18(8-10-20)22(34,23(25,26)27)24(28,29)30/h3-4,7-11,14,16-17,34H,5-6,12-13,15H2,1-2H3. The predicted octanol–water partition coefficient (Wildman–Crippen LogP) is 4.41. The zero-order valence-corrected chi connectivity index (χ0v) is 20.9. The van der Waals surface area contributed by atoms with Gasteiger partial charge >= 0.3 is 12.4 Å². The summed E-state index contributed by atoms with van der Waals surface area (Å²) in [5.41, 5.74) is -5.96. The summed E-state index contributed by atoms with van der Waals surface area (Å²) in [6.07, 6.45) is -6.56. The van der Waals surface area contributed by atoms with E-state index in [1.807, 2.05) is 12.1 Å². The van der Waals surface area contributed by atoms with Gasteiger partial charge in [0, 0.05) is 49.2 Å². The smallest absolute Gasteiger partial charge is 0.369 e. The summed E-state index contributed by atoms with van der Waals surface area (Å²) >= 11 is 0. The van der Waals surface area contributed by atoms with Crippen molar-refractivity contribution in [2.45, 2.75) is 61.1 Å². The molecule has 37 heavy (non-hydrogen) atoms. The van der Waals surface area contributed by atoms with Crippen LogP contribution in [-0.2, 0) is 21.2 Å². The van der Waals surface area contributed by atoms with Gasteiger partial charge in [0.25, 0.3) is 5.60 Å². The minimum atomic E-state index is -6.06. The highest BCUT2D eigenvalue weighted by Crippen LogP contribution is 2.51. The van der Waals surface area contributed by atoms with Crippen molar-refractivity contribution in [3.63, 3.8) is 0 Å². The summed E-state index contributed by atoms with van der Waals surface area (Å²) in [7, 11) is -4.23. The maximum absolute atomic E-state index is 13.3. The number of hydrogen-bond acceptors (Lipinski definition) is 5. The Morgan fingerprint density at radius 2 is 1.54 bits per heavy atom. The molecule has 2 fully saturated rings. The molecule has 1 aliphatic carbocycles. The third-order valence-corrected chi connectivity index (χ3v) is 9.57. The number of sulfonamides is 1. The van der Waals surface area contributed by atoms with E-state index in [9.17, 15) is 39.9 Å². The van der Waals surface area contributed by atoms with Crippen LogP contribution in [0, 0.1) is 5.92 Å². The van der Waals surface area contributed by atoms with Gasteiger partial charge in [-0.25, -0.2) is 8.42 Å². The average Bonchev–Trinajstić information content (AvgIpc) is 3.68. The molecule has 2 unspecified atom stereocenters. The Bertz CT molecular complexity index is 1200. The summed E-state index contributed by atoms with van der Waals surface area (Å²) < 4.78 is 107. The van der Waals surface area contributed by atoms with E-state index in [0.29, 0.717) is 43.3 Å². The Balaban J connectivity index is 1.57. The largest absolute Gasteiger partial charge is 0.430 e. The first kappa shape index (κ1) is 27.8. The highest BCUT2D eigenvalue weighted by Gasteiger charge is 2.71. The third kappa shape index (κ3) is 4.64. The lowest BCUT2D eigenvalue weighted by molar-refractivity contribution is -0.376. The van der Waals surface area contributed by atoms with Crippen LogP contribution in [0.15, 0.2) is 53.7 Å².